The minimum absolute atomic E-state index is 0.135. The van der Waals surface area contributed by atoms with Gasteiger partial charge in [-0.2, -0.15) is 0 Å². The van der Waals surface area contributed by atoms with Crippen molar-refractivity contribution in [3.8, 4) is 0 Å². The predicted octanol–water partition coefficient (Wildman–Crippen LogP) is 2.52. The molecule has 22 heavy (non-hydrogen) atoms. The fourth-order valence-corrected chi connectivity index (χ4v) is 3.13. The lowest BCUT2D eigenvalue weighted by molar-refractivity contribution is 0.597. The van der Waals surface area contributed by atoms with Gasteiger partial charge in [-0.3, -0.25) is 4.79 Å². The Labute approximate surface area is 132 Å². The lowest BCUT2D eigenvalue weighted by Gasteiger charge is -2.13. The number of nitrogens with zero attached hydrogens (tertiary/aromatic N) is 1. The molecule has 0 aliphatic rings. The van der Waals surface area contributed by atoms with E-state index in [1.54, 1.807) is 0 Å². The van der Waals surface area contributed by atoms with Gasteiger partial charge in [-0.05, 0) is 19.1 Å². The molecule has 0 amide bonds. The van der Waals surface area contributed by atoms with Crippen LogP contribution in [-0.2, 0) is 6.54 Å². The van der Waals surface area contributed by atoms with Crippen LogP contribution in [0, 0.1) is 0 Å². The van der Waals surface area contributed by atoms with Crippen molar-refractivity contribution in [1.82, 2.24) is 20.3 Å². The molecule has 3 aromatic rings. The Kier molecular flexibility index (Phi) is 4.60. The van der Waals surface area contributed by atoms with E-state index in [1.807, 2.05) is 24.0 Å². The molecule has 3 rings (SSSR count). The third-order valence-corrected chi connectivity index (χ3v) is 4.70. The Balaban J connectivity index is 1.57. The average molecular weight is 314 g/mol. The molecule has 2 aromatic heterocycles. The number of benzene rings is 1. The van der Waals surface area contributed by atoms with E-state index in [0.717, 1.165) is 16.8 Å². The molecule has 0 radical (unpaired) electrons. The van der Waals surface area contributed by atoms with Crippen LogP contribution in [0.5, 0.6) is 0 Å². The summed E-state index contributed by atoms with van der Waals surface area (Å²) in [6.07, 6.45) is 3.29. The standard InChI is InChI=1S/C16H18N4OS/c1-11(9-22-13-5-3-2-4-6-13)17-7-12-8-18-15-14(12)19-10-20-16(15)21/h2-6,8,10-11,17-18H,7,9H2,1H3,(H,19,20,21)/t11-/m1/s1. The summed E-state index contributed by atoms with van der Waals surface area (Å²) in [6, 6.07) is 10.7. The number of nitrogens with one attached hydrogen (secondary N) is 3. The van der Waals surface area contributed by atoms with Gasteiger partial charge in [-0.15, -0.1) is 11.8 Å². The van der Waals surface area contributed by atoms with Crippen LogP contribution in [0.1, 0.15) is 12.5 Å². The number of H-pyrrole nitrogens is 2. The van der Waals surface area contributed by atoms with Crippen LogP contribution >= 0.6 is 11.8 Å². The minimum atomic E-state index is -0.135. The number of rotatable bonds is 6. The highest BCUT2D eigenvalue weighted by atomic mass is 32.2. The van der Waals surface area contributed by atoms with Gasteiger partial charge in [0.05, 0.1) is 11.8 Å². The highest BCUT2D eigenvalue weighted by Crippen LogP contribution is 2.18. The molecule has 114 valence electrons. The molecular weight excluding hydrogens is 296 g/mol. The molecule has 1 aromatic carbocycles. The Bertz CT molecular complexity index is 797. The van der Waals surface area contributed by atoms with Gasteiger partial charge < -0.3 is 15.3 Å². The normalized spacial score (nSPS) is 12.6. The number of aromatic amines is 2. The molecule has 0 saturated carbocycles. The van der Waals surface area contributed by atoms with Crippen molar-refractivity contribution in [3.05, 3.63) is 58.8 Å². The van der Waals surface area contributed by atoms with Gasteiger partial charge in [-0.1, -0.05) is 18.2 Å². The van der Waals surface area contributed by atoms with Crippen LogP contribution in [-0.4, -0.2) is 26.7 Å². The van der Waals surface area contributed by atoms with Crippen molar-refractivity contribution in [3.63, 3.8) is 0 Å². The fourth-order valence-electron chi connectivity index (χ4n) is 2.22. The Morgan fingerprint density at radius 2 is 2.09 bits per heavy atom. The summed E-state index contributed by atoms with van der Waals surface area (Å²) >= 11 is 1.83. The first-order valence-electron chi connectivity index (χ1n) is 7.19. The first-order chi connectivity index (χ1) is 10.7. The van der Waals surface area contributed by atoms with Crippen molar-refractivity contribution in [2.24, 2.45) is 0 Å². The van der Waals surface area contributed by atoms with Crippen molar-refractivity contribution in [2.45, 2.75) is 24.4 Å². The zero-order valence-electron chi connectivity index (χ0n) is 12.3. The molecule has 5 nitrogen and oxygen atoms in total. The van der Waals surface area contributed by atoms with Crippen LogP contribution in [0.25, 0.3) is 11.0 Å². The van der Waals surface area contributed by atoms with E-state index in [2.05, 4.69) is 51.5 Å². The maximum atomic E-state index is 11.6. The Morgan fingerprint density at radius 3 is 2.91 bits per heavy atom. The SMILES string of the molecule is C[C@H](CSc1ccccc1)NCc1c[nH]c2c(=O)[nH]cnc12. The van der Waals surface area contributed by atoms with Gasteiger partial charge in [-0.25, -0.2) is 4.98 Å². The third kappa shape index (κ3) is 3.40. The van der Waals surface area contributed by atoms with Crippen LogP contribution < -0.4 is 10.9 Å². The number of fused-ring (bicyclic) bond motifs is 1. The molecule has 0 unspecified atom stereocenters. The smallest absolute Gasteiger partial charge is 0.275 e. The van der Waals surface area contributed by atoms with Crippen LogP contribution in [0.3, 0.4) is 0 Å². The molecule has 2 heterocycles. The highest BCUT2D eigenvalue weighted by Gasteiger charge is 2.09. The van der Waals surface area contributed by atoms with Gasteiger partial charge in [0.25, 0.3) is 5.56 Å². The van der Waals surface area contributed by atoms with Crippen molar-refractivity contribution < 1.29 is 0 Å². The predicted molar refractivity (Wildman–Crippen MR) is 90.2 cm³/mol. The maximum Gasteiger partial charge on any atom is 0.275 e. The van der Waals surface area contributed by atoms with E-state index >= 15 is 0 Å². The first kappa shape index (κ1) is 14.9. The summed E-state index contributed by atoms with van der Waals surface area (Å²) in [5.41, 5.74) is 2.14. The number of hydrogen-bond acceptors (Lipinski definition) is 4. The van der Waals surface area contributed by atoms with Crippen LogP contribution in [0.2, 0.25) is 0 Å². The molecule has 1 atom stereocenters. The Morgan fingerprint density at radius 1 is 1.27 bits per heavy atom. The fraction of sp³-hybridized carbons (Fsp3) is 0.250. The van der Waals surface area contributed by atoms with Gasteiger partial charge in [0.15, 0.2) is 0 Å². The number of hydrogen-bond donors (Lipinski definition) is 3. The molecule has 0 bridgehead atoms. The van der Waals surface area contributed by atoms with Gasteiger partial charge >= 0.3 is 0 Å². The van der Waals surface area contributed by atoms with Gasteiger partial charge in [0, 0.05) is 35.0 Å². The topological polar surface area (TPSA) is 73.6 Å². The van der Waals surface area contributed by atoms with E-state index in [1.165, 1.54) is 11.2 Å². The second kappa shape index (κ2) is 6.81. The molecule has 0 aliphatic heterocycles. The van der Waals surface area contributed by atoms with Crippen molar-refractivity contribution >= 4 is 22.8 Å². The Hall–Kier alpha value is -2.05. The monoisotopic (exact) mass is 314 g/mol. The van der Waals surface area contributed by atoms with Gasteiger partial charge in [0.2, 0.25) is 0 Å². The third-order valence-electron chi connectivity index (χ3n) is 3.43. The van der Waals surface area contributed by atoms with E-state index in [-0.39, 0.29) is 5.56 Å². The quantitative estimate of drug-likeness (QED) is 0.611. The van der Waals surface area contributed by atoms with E-state index < -0.39 is 0 Å². The van der Waals surface area contributed by atoms with Crippen molar-refractivity contribution in [1.29, 1.82) is 0 Å². The molecule has 0 spiro atoms. The molecular formula is C16H18N4OS. The molecule has 0 saturated heterocycles. The largest absolute Gasteiger partial charge is 0.355 e. The lowest BCUT2D eigenvalue weighted by atomic mass is 10.2. The van der Waals surface area contributed by atoms with E-state index in [0.29, 0.717) is 18.1 Å². The summed E-state index contributed by atoms with van der Waals surface area (Å²) in [6.45, 7) is 2.85. The molecule has 0 fully saturated rings. The zero-order chi connectivity index (χ0) is 15.4. The van der Waals surface area contributed by atoms with Gasteiger partial charge in [0.1, 0.15) is 5.52 Å². The number of thioether (sulfide) groups is 1. The molecule has 6 heteroatoms. The average Bonchev–Trinajstić information content (AvgIpc) is 2.96. The lowest BCUT2D eigenvalue weighted by Crippen LogP contribution is -2.27. The first-order valence-corrected chi connectivity index (χ1v) is 8.17. The summed E-state index contributed by atoms with van der Waals surface area (Å²) in [5, 5.41) is 3.47. The molecule has 3 N–H and O–H groups in total. The van der Waals surface area contributed by atoms with E-state index in [9.17, 15) is 4.79 Å². The van der Waals surface area contributed by atoms with Crippen LogP contribution in [0.4, 0.5) is 0 Å². The summed E-state index contributed by atoms with van der Waals surface area (Å²) in [5.74, 6) is 0.986. The summed E-state index contributed by atoms with van der Waals surface area (Å²) in [7, 11) is 0. The van der Waals surface area contributed by atoms with Crippen LogP contribution in [0.15, 0.2) is 52.5 Å². The zero-order valence-corrected chi connectivity index (χ0v) is 13.1. The summed E-state index contributed by atoms with van der Waals surface area (Å²) in [4.78, 5) is 22.7. The summed E-state index contributed by atoms with van der Waals surface area (Å²) < 4.78 is 0. The van der Waals surface area contributed by atoms with Crippen molar-refractivity contribution in [2.75, 3.05) is 5.75 Å². The second-order valence-corrected chi connectivity index (χ2v) is 6.27. The minimum Gasteiger partial charge on any atom is -0.355 e. The molecule has 0 aliphatic carbocycles. The maximum absolute atomic E-state index is 11.6. The number of aromatic nitrogens is 3. The highest BCUT2D eigenvalue weighted by molar-refractivity contribution is 7.99. The second-order valence-electron chi connectivity index (χ2n) is 5.18. The van der Waals surface area contributed by atoms with E-state index in [4.69, 9.17) is 0 Å².